The molecular weight excluding hydrogens is 386 g/mol. The molecule has 0 aliphatic rings. The van der Waals surface area contributed by atoms with Gasteiger partial charge in [0, 0.05) is 0 Å². The minimum Gasteiger partial charge on any atom is -0.412 e. The van der Waals surface area contributed by atoms with Crippen molar-refractivity contribution in [3.8, 4) is 0 Å². The monoisotopic (exact) mass is 393 g/mol. The standard InChI is InChI=1S/Eu.3NO3.3H2O/c;3*2-1(3)4;;;/h;;;;3*1H2/q+3;3*-1;;;. The van der Waals surface area contributed by atoms with Crippen LogP contribution in [0, 0.1) is 95.3 Å². The smallest absolute Gasteiger partial charge is 0.412 e. The third kappa shape index (κ3) is 2170. The first-order valence-electron chi connectivity index (χ1n) is 1.64. The normalized spacial score (nSPS) is 4.50. The molecule has 0 aliphatic carbocycles. The van der Waals surface area contributed by atoms with Crippen LogP contribution in [0.5, 0.6) is 0 Å². The molecule has 100 valence electrons. The average molecular weight is 392 g/mol. The van der Waals surface area contributed by atoms with Crippen LogP contribution in [0.3, 0.4) is 0 Å². The fraction of sp³-hybridized carbons (Fsp3) is 0. The van der Waals surface area contributed by atoms with Crippen molar-refractivity contribution in [3.05, 3.63) is 46.0 Å². The first-order valence-corrected chi connectivity index (χ1v) is 1.64. The molecule has 0 radical (unpaired) electrons. The molecule has 0 fully saturated rings. The average Bonchev–Trinajstić information content (AvgIpc) is 1.54. The molecule has 15 nitrogen and oxygen atoms in total. The molecule has 0 heterocycles. The molecule has 0 spiro atoms. The van der Waals surface area contributed by atoms with Crippen molar-refractivity contribution in [2.45, 2.75) is 0 Å². The second kappa shape index (κ2) is 36.9. The Balaban J connectivity index is -0.0000000135. The van der Waals surface area contributed by atoms with Crippen molar-refractivity contribution >= 4 is 0 Å². The van der Waals surface area contributed by atoms with Gasteiger partial charge in [0.15, 0.2) is 0 Å². The number of hydrogen-bond acceptors (Lipinski definition) is 9. The Kier molecular flexibility index (Phi) is 106. The van der Waals surface area contributed by atoms with Gasteiger partial charge in [-0.05, 0) is 0 Å². The Hall–Kier alpha value is -0.936. The van der Waals surface area contributed by atoms with Crippen LogP contribution in [0.15, 0.2) is 0 Å². The molecule has 0 saturated carbocycles. The zero-order valence-electron chi connectivity index (χ0n) is 6.89. The number of hydrogen-bond donors (Lipinski definition) is 0. The van der Waals surface area contributed by atoms with Crippen molar-refractivity contribution < 1.29 is 81.1 Å². The van der Waals surface area contributed by atoms with Gasteiger partial charge in [-0.25, -0.2) is 0 Å². The van der Waals surface area contributed by atoms with Gasteiger partial charge in [0.25, 0.3) is 0 Å². The van der Waals surface area contributed by atoms with E-state index in [1.54, 1.807) is 0 Å². The summed E-state index contributed by atoms with van der Waals surface area (Å²) in [6.07, 6.45) is 0. The van der Waals surface area contributed by atoms with Gasteiger partial charge in [-0.3, -0.25) is 0 Å². The van der Waals surface area contributed by atoms with E-state index in [0.717, 1.165) is 0 Å². The Morgan fingerprint density at radius 1 is 0.500 bits per heavy atom. The van der Waals surface area contributed by atoms with Crippen LogP contribution >= 0.6 is 0 Å². The summed E-state index contributed by atoms with van der Waals surface area (Å²) >= 11 is 0. The SMILES string of the molecule is O.O.O.O=[N+]([O-])[O-].O=[N+]([O-])[O-].O=[N+]([O-])[O-].[Eu+3]. The molecule has 0 aromatic rings. The minimum atomic E-state index is -1.75. The van der Waals surface area contributed by atoms with Gasteiger partial charge in [-0.15, -0.1) is 0 Å². The Morgan fingerprint density at radius 2 is 0.500 bits per heavy atom. The van der Waals surface area contributed by atoms with Gasteiger partial charge in [0.1, 0.15) is 0 Å². The third-order valence-electron chi connectivity index (χ3n) is 0. The molecule has 16 heteroatoms. The molecule has 0 unspecified atom stereocenters. The third-order valence-corrected chi connectivity index (χ3v) is 0. The van der Waals surface area contributed by atoms with Crippen LogP contribution < -0.4 is 0 Å². The second-order valence-electron chi connectivity index (χ2n) is 0.671. The second-order valence-corrected chi connectivity index (χ2v) is 0.671. The van der Waals surface area contributed by atoms with E-state index < -0.39 is 15.3 Å². The molecule has 0 amide bonds. The predicted molar refractivity (Wildman–Crippen MR) is 41.9 cm³/mol. The molecule has 0 aliphatic heterocycles. The van der Waals surface area contributed by atoms with E-state index in [1.165, 1.54) is 0 Å². The van der Waals surface area contributed by atoms with E-state index in [2.05, 4.69) is 0 Å². The van der Waals surface area contributed by atoms with Crippen molar-refractivity contribution in [2.75, 3.05) is 0 Å². The van der Waals surface area contributed by atoms with Crippen molar-refractivity contribution in [3.63, 3.8) is 0 Å². The van der Waals surface area contributed by atoms with E-state index in [9.17, 15) is 0 Å². The van der Waals surface area contributed by atoms with Crippen LogP contribution in [0.25, 0.3) is 0 Å². The molecular formula is H6EuN3O12. The molecule has 0 rings (SSSR count). The van der Waals surface area contributed by atoms with Crippen LogP contribution in [-0.2, 0) is 0 Å². The van der Waals surface area contributed by atoms with Crippen molar-refractivity contribution in [2.24, 2.45) is 0 Å². The summed E-state index contributed by atoms with van der Waals surface area (Å²) in [6.45, 7) is 0. The zero-order chi connectivity index (χ0) is 10.7. The van der Waals surface area contributed by atoms with Gasteiger partial charge in [-0.1, -0.05) is 0 Å². The summed E-state index contributed by atoms with van der Waals surface area (Å²) in [7, 11) is 0. The van der Waals surface area contributed by atoms with Gasteiger partial charge in [-0.2, -0.15) is 0 Å². The molecule has 16 heavy (non-hydrogen) atoms. The number of nitrogens with zero attached hydrogens (tertiary/aromatic N) is 3. The van der Waals surface area contributed by atoms with Gasteiger partial charge >= 0.3 is 49.4 Å². The summed E-state index contributed by atoms with van der Waals surface area (Å²) in [4.78, 5) is 24.8. The van der Waals surface area contributed by atoms with Crippen molar-refractivity contribution in [1.82, 2.24) is 0 Å². The van der Waals surface area contributed by atoms with E-state index in [4.69, 9.17) is 46.0 Å². The van der Waals surface area contributed by atoms with Crippen LogP contribution in [0.1, 0.15) is 0 Å². The fourth-order valence-corrected chi connectivity index (χ4v) is 0. The first-order chi connectivity index (χ1) is 5.20. The molecule has 0 atom stereocenters. The van der Waals surface area contributed by atoms with Gasteiger partial charge in [0.05, 0.1) is 15.3 Å². The first kappa shape index (κ1) is 45.8. The van der Waals surface area contributed by atoms with Crippen LogP contribution in [0.2, 0.25) is 0 Å². The van der Waals surface area contributed by atoms with E-state index in [0.29, 0.717) is 0 Å². The quantitative estimate of drug-likeness (QED) is 0.295. The summed E-state index contributed by atoms with van der Waals surface area (Å²) in [5, 5.41) is 44.2. The van der Waals surface area contributed by atoms with Gasteiger partial charge < -0.3 is 62.4 Å². The van der Waals surface area contributed by atoms with E-state index in [1.807, 2.05) is 0 Å². The largest absolute Gasteiger partial charge is 3.00 e. The van der Waals surface area contributed by atoms with E-state index in [-0.39, 0.29) is 65.8 Å². The Bertz CT molecular complexity index is 114. The molecule has 0 aromatic heterocycles. The summed E-state index contributed by atoms with van der Waals surface area (Å²) in [5.41, 5.74) is 0. The van der Waals surface area contributed by atoms with Gasteiger partial charge in [0.2, 0.25) is 0 Å². The molecule has 6 N–H and O–H groups in total. The van der Waals surface area contributed by atoms with Crippen LogP contribution in [-0.4, -0.2) is 31.7 Å². The predicted octanol–water partition coefficient (Wildman–Crippen LogP) is -3.19. The zero-order valence-corrected chi connectivity index (χ0v) is 9.32. The maximum absolute atomic E-state index is 8.25. The van der Waals surface area contributed by atoms with Crippen molar-refractivity contribution in [1.29, 1.82) is 0 Å². The number of rotatable bonds is 0. The minimum absolute atomic E-state index is 0. The Labute approximate surface area is 126 Å². The molecule has 0 aromatic carbocycles. The summed E-state index contributed by atoms with van der Waals surface area (Å²) < 4.78 is 0. The van der Waals surface area contributed by atoms with Crippen LogP contribution in [0.4, 0.5) is 0 Å². The fourth-order valence-electron chi connectivity index (χ4n) is 0. The maximum atomic E-state index is 8.25. The molecule has 0 bridgehead atoms. The topological polar surface area (TPSA) is 293 Å². The maximum Gasteiger partial charge on any atom is 3.00 e. The Morgan fingerprint density at radius 3 is 0.500 bits per heavy atom. The summed E-state index contributed by atoms with van der Waals surface area (Å²) in [5.74, 6) is 0. The van der Waals surface area contributed by atoms with E-state index >= 15 is 0 Å². The summed E-state index contributed by atoms with van der Waals surface area (Å²) in [6, 6.07) is 0. The molecule has 0 saturated heterocycles.